The first-order valence-corrected chi connectivity index (χ1v) is 6.40. The summed E-state index contributed by atoms with van der Waals surface area (Å²) in [6.07, 6.45) is 9.09. The lowest BCUT2D eigenvalue weighted by molar-refractivity contribution is -0.131. The second-order valence-electron chi connectivity index (χ2n) is 4.49. The molecule has 2 N–H and O–H groups in total. The highest BCUT2D eigenvalue weighted by Crippen LogP contribution is 2.16. The quantitative estimate of drug-likeness (QED) is 0.701. The van der Waals surface area contributed by atoms with E-state index in [0.717, 1.165) is 45.3 Å². The average Bonchev–Trinajstić information content (AvgIpc) is 2.35. The zero-order valence-electron chi connectivity index (χ0n) is 10.3. The molecule has 92 valence electrons. The van der Waals surface area contributed by atoms with Crippen molar-refractivity contribution in [2.75, 3.05) is 19.6 Å². The van der Waals surface area contributed by atoms with E-state index in [2.05, 4.69) is 19.1 Å². The van der Waals surface area contributed by atoms with E-state index in [4.69, 9.17) is 5.73 Å². The first kappa shape index (κ1) is 13.2. The minimum Gasteiger partial charge on any atom is -0.339 e. The smallest absolute Gasteiger partial charge is 0.222 e. The Labute approximate surface area is 98.7 Å². The van der Waals surface area contributed by atoms with Crippen LogP contribution in [0.25, 0.3) is 0 Å². The average molecular weight is 224 g/mol. The normalized spacial score (nSPS) is 17.5. The van der Waals surface area contributed by atoms with Crippen LogP contribution in [-0.4, -0.2) is 30.4 Å². The number of carbonyl (C=O) groups excluding carboxylic acids is 1. The van der Waals surface area contributed by atoms with Crippen LogP contribution in [-0.2, 0) is 4.79 Å². The predicted molar refractivity (Wildman–Crippen MR) is 67.0 cm³/mol. The van der Waals surface area contributed by atoms with Gasteiger partial charge in [0.2, 0.25) is 5.91 Å². The third-order valence-corrected chi connectivity index (χ3v) is 3.33. The predicted octanol–water partition coefficient (Wildman–Crippen LogP) is 1.93. The van der Waals surface area contributed by atoms with E-state index in [1.54, 1.807) is 0 Å². The number of carbonyl (C=O) groups is 1. The van der Waals surface area contributed by atoms with Crippen molar-refractivity contribution in [2.45, 2.75) is 39.0 Å². The molecule has 0 aromatic carbocycles. The molecule has 0 bridgehead atoms. The van der Waals surface area contributed by atoms with Crippen LogP contribution in [0.1, 0.15) is 39.0 Å². The van der Waals surface area contributed by atoms with Crippen LogP contribution >= 0.6 is 0 Å². The molecule has 0 aromatic heterocycles. The number of nitrogens with two attached hydrogens (primary N) is 1. The molecule has 1 atom stereocenters. The summed E-state index contributed by atoms with van der Waals surface area (Å²) in [6, 6.07) is 0. The largest absolute Gasteiger partial charge is 0.339 e. The molecular formula is C13H24N2O. The van der Waals surface area contributed by atoms with Gasteiger partial charge in [-0.25, -0.2) is 0 Å². The van der Waals surface area contributed by atoms with Gasteiger partial charge >= 0.3 is 0 Å². The van der Waals surface area contributed by atoms with Crippen molar-refractivity contribution in [3.05, 3.63) is 12.2 Å². The maximum absolute atomic E-state index is 11.9. The number of hydrogen-bond acceptors (Lipinski definition) is 2. The lowest BCUT2D eigenvalue weighted by atomic mass is 9.96. The molecule has 16 heavy (non-hydrogen) atoms. The molecule has 3 nitrogen and oxygen atoms in total. The fraction of sp³-hybridized carbons (Fsp3) is 0.769. The molecular weight excluding hydrogens is 200 g/mol. The summed E-state index contributed by atoms with van der Waals surface area (Å²) in [4.78, 5) is 13.8. The highest BCUT2D eigenvalue weighted by Gasteiger charge is 2.15. The standard InChI is InChI=1S/C13H24N2O/c1-2-12(8-9-14)6-7-13(16)15-10-4-3-5-11-15/h3-4,12H,2,5-11,14H2,1H3. The van der Waals surface area contributed by atoms with Gasteiger partial charge in [0.05, 0.1) is 0 Å². The van der Waals surface area contributed by atoms with Gasteiger partial charge in [0.1, 0.15) is 0 Å². The van der Waals surface area contributed by atoms with Crippen LogP contribution in [0.5, 0.6) is 0 Å². The molecule has 1 rings (SSSR count). The molecule has 0 spiro atoms. The Morgan fingerprint density at radius 1 is 1.44 bits per heavy atom. The Kier molecular flexibility index (Phi) is 6.16. The first-order chi connectivity index (χ1) is 7.77. The van der Waals surface area contributed by atoms with Gasteiger partial charge < -0.3 is 10.6 Å². The minimum absolute atomic E-state index is 0.305. The van der Waals surface area contributed by atoms with Gasteiger partial charge in [0.15, 0.2) is 0 Å². The van der Waals surface area contributed by atoms with Gasteiger partial charge in [-0.05, 0) is 31.7 Å². The van der Waals surface area contributed by atoms with Crippen LogP contribution in [0.15, 0.2) is 12.2 Å². The summed E-state index contributed by atoms with van der Waals surface area (Å²) in [5.74, 6) is 0.925. The Hall–Kier alpha value is -0.830. The van der Waals surface area contributed by atoms with Crippen molar-refractivity contribution >= 4 is 5.91 Å². The summed E-state index contributed by atoms with van der Waals surface area (Å²) in [6.45, 7) is 4.60. The number of nitrogens with zero attached hydrogens (tertiary/aromatic N) is 1. The molecule has 1 aliphatic heterocycles. The Balaban J connectivity index is 2.25. The van der Waals surface area contributed by atoms with Gasteiger partial charge in [-0.2, -0.15) is 0 Å². The summed E-state index contributed by atoms with van der Waals surface area (Å²) >= 11 is 0. The van der Waals surface area contributed by atoms with E-state index in [1.807, 2.05) is 4.90 Å². The number of rotatable bonds is 6. The van der Waals surface area contributed by atoms with Gasteiger partial charge in [0.25, 0.3) is 0 Å². The zero-order chi connectivity index (χ0) is 11.8. The molecule has 1 unspecified atom stereocenters. The van der Waals surface area contributed by atoms with Crippen molar-refractivity contribution in [1.82, 2.24) is 4.90 Å². The van der Waals surface area contributed by atoms with Crippen LogP contribution in [0, 0.1) is 5.92 Å². The molecule has 0 fully saturated rings. The monoisotopic (exact) mass is 224 g/mol. The summed E-state index contributed by atoms with van der Waals surface area (Å²) in [5.41, 5.74) is 5.55. The van der Waals surface area contributed by atoms with E-state index in [1.165, 1.54) is 0 Å². The fourth-order valence-corrected chi connectivity index (χ4v) is 2.14. The van der Waals surface area contributed by atoms with Gasteiger partial charge in [-0.1, -0.05) is 25.5 Å². The summed E-state index contributed by atoms with van der Waals surface area (Å²) in [5, 5.41) is 0. The molecule has 0 saturated heterocycles. The van der Waals surface area contributed by atoms with Crippen molar-refractivity contribution in [2.24, 2.45) is 11.7 Å². The van der Waals surface area contributed by atoms with Crippen molar-refractivity contribution < 1.29 is 4.79 Å². The minimum atomic E-state index is 0.305. The van der Waals surface area contributed by atoms with Crippen molar-refractivity contribution in [3.63, 3.8) is 0 Å². The van der Waals surface area contributed by atoms with E-state index < -0.39 is 0 Å². The Morgan fingerprint density at radius 3 is 2.81 bits per heavy atom. The SMILES string of the molecule is CCC(CCN)CCC(=O)N1CC=CCC1. The van der Waals surface area contributed by atoms with Crippen molar-refractivity contribution in [1.29, 1.82) is 0 Å². The van der Waals surface area contributed by atoms with Gasteiger partial charge in [0, 0.05) is 19.5 Å². The van der Waals surface area contributed by atoms with E-state index >= 15 is 0 Å². The zero-order valence-corrected chi connectivity index (χ0v) is 10.3. The summed E-state index contributed by atoms with van der Waals surface area (Å²) < 4.78 is 0. The second-order valence-corrected chi connectivity index (χ2v) is 4.49. The lowest BCUT2D eigenvalue weighted by Gasteiger charge is -2.24. The molecule has 3 heteroatoms. The first-order valence-electron chi connectivity index (χ1n) is 6.40. The van der Waals surface area contributed by atoms with Crippen LogP contribution < -0.4 is 5.73 Å². The molecule has 1 aliphatic rings. The maximum Gasteiger partial charge on any atom is 0.222 e. The third-order valence-electron chi connectivity index (χ3n) is 3.33. The van der Waals surface area contributed by atoms with Crippen LogP contribution in [0.2, 0.25) is 0 Å². The topological polar surface area (TPSA) is 46.3 Å². The fourth-order valence-electron chi connectivity index (χ4n) is 2.14. The Morgan fingerprint density at radius 2 is 2.25 bits per heavy atom. The molecule has 0 radical (unpaired) electrons. The molecule has 0 saturated carbocycles. The third kappa shape index (κ3) is 4.35. The highest BCUT2D eigenvalue weighted by molar-refractivity contribution is 5.76. The molecule has 1 heterocycles. The van der Waals surface area contributed by atoms with Gasteiger partial charge in [-0.15, -0.1) is 0 Å². The lowest BCUT2D eigenvalue weighted by Crippen LogP contribution is -2.33. The molecule has 1 amide bonds. The van der Waals surface area contributed by atoms with Crippen LogP contribution in [0.4, 0.5) is 0 Å². The van der Waals surface area contributed by atoms with E-state index in [-0.39, 0.29) is 0 Å². The van der Waals surface area contributed by atoms with Gasteiger partial charge in [-0.3, -0.25) is 4.79 Å². The van der Waals surface area contributed by atoms with E-state index in [9.17, 15) is 4.79 Å². The van der Waals surface area contributed by atoms with E-state index in [0.29, 0.717) is 18.2 Å². The Bertz CT molecular complexity index is 238. The van der Waals surface area contributed by atoms with Crippen LogP contribution in [0.3, 0.4) is 0 Å². The number of hydrogen-bond donors (Lipinski definition) is 1. The maximum atomic E-state index is 11.9. The highest BCUT2D eigenvalue weighted by atomic mass is 16.2. The van der Waals surface area contributed by atoms with Crippen molar-refractivity contribution in [3.8, 4) is 0 Å². The molecule has 0 aliphatic carbocycles. The number of amides is 1. The second kappa shape index (κ2) is 7.44. The summed E-state index contributed by atoms with van der Waals surface area (Å²) in [7, 11) is 0. The molecule has 0 aromatic rings.